The molecule has 0 unspecified atom stereocenters. The zero-order chi connectivity index (χ0) is 10.7. The summed E-state index contributed by atoms with van der Waals surface area (Å²) < 4.78 is 5.59. The van der Waals surface area contributed by atoms with Gasteiger partial charge < -0.3 is 9.84 Å². The predicted octanol–water partition coefficient (Wildman–Crippen LogP) is 2.17. The number of amides is 1. The molecule has 0 radical (unpaired) electrons. The van der Waals surface area contributed by atoms with Crippen molar-refractivity contribution in [3.8, 4) is 5.75 Å². The number of nitrogens with zero attached hydrogens (tertiary/aromatic N) is 1. The molecule has 1 fully saturated rings. The van der Waals surface area contributed by atoms with Crippen molar-refractivity contribution in [1.29, 1.82) is 0 Å². The predicted molar refractivity (Wildman–Crippen MR) is 54.8 cm³/mol. The molecular weight excluding hydrogens is 194 g/mol. The van der Waals surface area contributed by atoms with Crippen molar-refractivity contribution in [2.75, 3.05) is 6.54 Å². The van der Waals surface area contributed by atoms with Gasteiger partial charge in [0.25, 0.3) is 0 Å². The number of hydrogen-bond donors (Lipinski definition) is 1. The summed E-state index contributed by atoms with van der Waals surface area (Å²) in [5, 5.41) is 8.91. The Morgan fingerprint density at radius 2 is 2.13 bits per heavy atom. The number of carbonyl (C=O) groups is 1. The van der Waals surface area contributed by atoms with Crippen LogP contribution in [-0.2, 0) is 0 Å². The Hall–Kier alpha value is -1.71. The second-order valence-corrected chi connectivity index (χ2v) is 3.50. The van der Waals surface area contributed by atoms with Gasteiger partial charge in [0, 0.05) is 13.0 Å². The lowest BCUT2D eigenvalue weighted by atomic mass is 10.3. The molecule has 0 saturated carbocycles. The number of rotatable bonds is 2. The average molecular weight is 207 g/mol. The van der Waals surface area contributed by atoms with Crippen LogP contribution in [0.5, 0.6) is 5.75 Å². The number of likely N-dealkylation sites (tertiary alicyclic amines) is 1. The van der Waals surface area contributed by atoms with Crippen LogP contribution in [0.1, 0.15) is 12.8 Å². The van der Waals surface area contributed by atoms with Gasteiger partial charge in [-0.1, -0.05) is 18.2 Å². The van der Waals surface area contributed by atoms with E-state index in [1.165, 1.54) is 4.90 Å². The first-order chi connectivity index (χ1) is 7.27. The number of hydrogen-bond acceptors (Lipinski definition) is 2. The van der Waals surface area contributed by atoms with Crippen LogP contribution in [0.15, 0.2) is 30.3 Å². The van der Waals surface area contributed by atoms with Gasteiger partial charge in [-0.15, -0.1) is 0 Å². The van der Waals surface area contributed by atoms with E-state index < -0.39 is 6.09 Å². The molecule has 4 heteroatoms. The molecule has 4 nitrogen and oxygen atoms in total. The maximum Gasteiger partial charge on any atom is 0.410 e. The molecule has 0 spiro atoms. The van der Waals surface area contributed by atoms with E-state index in [0.717, 1.165) is 18.6 Å². The van der Waals surface area contributed by atoms with Crippen LogP contribution in [0.25, 0.3) is 0 Å². The van der Waals surface area contributed by atoms with E-state index >= 15 is 0 Å². The minimum Gasteiger partial charge on any atom is -0.470 e. The second-order valence-electron chi connectivity index (χ2n) is 3.50. The molecule has 1 aliphatic heterocycles. The summed E-state index contributed by atoms with van der Waals surface area (Å²) in [6, 6.07) is 9.30. The molecule has 1 atom stereocenters. The summed E-state index contributed by atoms with van der Waals surface area (Å²) in [6.45, 7) is 0.562. The second kappa shape index (κ2) is 4.21. The average Bonchev–Trinajstić information content (AvgIpc) is 2.67. The highest BCUT2D eigenvalue weighted by Crippen LogP contribution is 2.21. The van der Waals surface area contributed by atoms with Crippen LogP contribution in [0.2, 0.25) is 0 Å². The summed E-state index contributed by atoms with van der Waals surface area (Å²) in [7, 11) is 0. The van der Waals surface area contributed by atoms with Crippen LogP contribution < -0.4 is 4.74 Å². The van der Waals surface area contributed by atoms with Crippen LogP contribution in [0.4, 0.5) is 4.79 Å². The van der Waals surface area contributed by atoms with Gasteiger partial charge in [0.1, 0.15) is 5.75 Å². The monoisotopic (exact) mass is 207 g/mol. The van der Waals surface area contributed by atoms with Crippen molar-refractivity contribution in [3.63, 3.8) is 0 Å². The molecule has 2 rings (SSSR count). The van der Waals surface area contributed by atoms with Crippen LogP contribution in [0, 0.1) is 0 Å². The minimum atomic E-state index is -0.909. The maximum atomic E-state index is 10.8. The lowest BCUT2D eigenvalue weighted by Crippen LogP contribution is -2.37. The summed E-state index contributed by atoms with van der Waals surface area (Å²) in [5.41, 5.74) is 0. The SMILES string of the molecule is O=C(O)N1CCC[C@@H]1Oc1ccccc1. The molecular formula is C11H13NO3. The fraction of sp³-hybridized carbons (Fsp3) is 0.364. The first kappa shape index (κ1) is 9.83. The summed E-state index contributed by atoms with van der Waals surface area (Å²) in [4.78, 5) is 12.2. The van der Waals surface area contributed by atoms with Gasteiger partial charge in [0.15, 0.2) is 6.23 Å². The zero-order valence-electron chi connectivity index (χ0n) is 8.30. The Kier molecular flexibility index (Phi) is 2.76. The molecule has 80 valence electrons. The van der Waals surface area contributed by atoms with Gasteiger partial charge >= 0.3 is 6.09 Å². The Morgan fingerprint density at radius 1 is 1.40 bits per heavy atom. The Morgan fingerprint density at radius 3 is 2.80 bits per heavy atom. The normalized spacial score (nSPS) is 20.3. The molecule has 1 saturated heterocycles. The highest BCUT2D eigenvalue weighted by Gasteiger charge is 2.29. The molecule has 1 N–H and O–H groups in total. The first-order valence-corrected chi connectivity index (χ1v) is 4.98. The van der Waals surface area contributed by atoms with Crippen molar-refractivity contribution in [2.24, 2.45) is 0 Å². The molecule has 15 heavy (non-hydrogen) atoms. The van der Waals surface area contributed by atoms with Gasteiger partial charge in [-0.3, -0.25) is 4.90 Å². The van der Waals surface area contributed by atoms with Crippen molar-refractivity contribution < 1.29 is 14.6 Å². The van der Waals surface area contributed by atoms with E-state index in [-0.39, 0.29) is 6.23 Å². The lowest BCUT2D eigenvalue weighted by molar-refractivity contribution is 0.0580. The van der Waals surface area contributed by atoms with Crippen LogP contribution in [0.3, 0.4) is 0 Å². The van der Waals surface area contributed by atoms with Gasteiger partial charge in [-0.2, -0.15) is 0 Å². The standard InChI is InChI=1S/C11H13NO3/c13-11(14)12-8-4-7-10(12)15-9-5-2-1-3-6-9/h1-3,5-6,10H,4,7-8H2,(H,13,14)/t10-/m0/s1. The van der Waals surface area contributed by atoms with Crippen molar-refractivity contribution in [1.82, 2.24) is 4.90 Å². The molecule has 0 aliphatic carbocycles. The van der Waals surface area contributed by atoms with Crippen molar-refractivity contribution in [2.45, 2.75) is 19.1 Å². The number of ether oxygens (including phenoxy) is 1. The van der Waals surface area contributed by atoms with Gasteiger partial charge in [0.05, 0.1) is 0 Å². The fourth-order valence-corrected chi connectivity index (χ4v) is 1.73. The van der Waals surface area contributed by atoms with E-state index in [9.17, 15) is 4.79 Å². The number of para-hydroxylation sites is 1. The zero-order valence-corrected chi connectivity index (χ0v) is 8.30. The third kappa shape index (κ3) is 2.21. The molecule has 0 aromatic heterocycles. The largest absolute Gasteiger partial charge is 0.470 e. The summed E-state index contributed by atoms with van der Waals surface area (Å²) >= 11 is 0. The molecule has 1 aliphatic rings. The molecule has 0 bridgehead atoms. The highest BCUT2D eigenvalue weighted by atomic mass is 16.5. The van der Waals surface area contributed by atoms with E-state index in [1.54, 1.807) is 0 Å². The number of benzene rings is 1. The quantitative estimate of drug-likeness (QED) is 0.808. The molecule has 1 amide bonds. The van der Waals surface area contributed by atoms with Gasteiger partial charge in [0.2, 0.25) is 0 Å². The van der Waals surface area contributed by atoms with E-state index in [1.807, 2.05) is 30.3 Å². The smallest absolute Gasteiger partial charge is 0.410 e. The summed E-state index contributed by atoms with van der Waals surface area (Å²) in [5.74, 6) is 0.718. The lowest BCUT2D eigenvalue weighted by Gasteiger charge is -2.22. The first-order valence-electron chi connectivity index (χ1n) is 4.98. The van der Waals surface area contributed by atoms with Crippen molar-refractivity contribution >= 4 is 6.09 Å². The molecule has 1 aromatic rings. The minimum absolute atomic E-state index is 0.329. The topological polar surface area (TPSA) is 49.8 Å². The van der Waals surface area contributed by atoms with E-state index in [0.29, 0.717) is 6.54 Å². The summed E-state index contributed by atoms with van der Waals surface area (Å²) in [6.07, 6.45) is 0.392. The van der Waals surface area contributed by atoms with Gasteiger partial charge in [-0.25, -0.2) is 4.79 Å². The third-order valence-corrected chi connectivity index (χ3v) is 2.46. The molecule has 1 aromatic carbocycles. The van der Waals surface area contributed by atoms with Crippen molar-refractivity contribution in [3.05, 3.63) is 30.3 Å². The number of carboxylic acid groups (broad SMARTS) is 1. The van der Waals surface area contributed by atoms with E-state index in [2.05, 4.69) is 0 Å². The maximum absolute atomic E-state index is 10.8. The van der Waals surface area contributed by atoms with E-state index in [4.69, 9.17) is 9.84 Å². The Bertz CT molecular complexity index is 339. The Labute approximate surface area is 88.1 Å². The van der Waals surface area contributed by atoms with Crippen LogP contribution >= 0.6 is 0 Å². The Balaban J connectivity index is 2.03. The molecule has 1 heterocycles. The highest BCUT2D eigenvalue weighted by molar-refractivity contribution is 5.65. The van der Waals surface area contributed by atoms with Gasteiger partial charge in [-0.05, 0) is 18.6 Å². The third-order valence-electron chi connectivity index (χ3n) is 2.46. The van der Waals surface area contributed by atoms with Crippen LogP contribution in [-0.4, -0.2) is 28.9 Å². The fourth-order valence-electron chi connectivity index (χ4n) is 1.73.